The number of thiophene rings is 1. The van der Waals surface area contributed by atoms with E-state index in [2.05, 4.69) is 34.0 Å². The molecule has 1 heterocycles. The number of halogens is 3. The molecule has 0 aliphatic heterocycles. The van der Waals surface area contributed by atoms with Crippen molar-refractivity contribution in [2.75, 3.05) is 5.32 Å². The topological polar surface area (TPSA) is 12.0 Å². The van der Waals surface area contributed by atoms with Gasteiger partial charge in [0, 0.05) is 24.2 Å². The molecular weight excluding hydrogens is 408 g/mol. The molecule has 0 aliphatic rings. The second-order valence-electron chi connectivity index (χ2n) is 4.31. The van der Waals surface area contributed by atoms with Gasteiger partial charge in [0.1, 0.15) is 5.82 Å². The number of fused-ring (bicyclic) bond motifs is 1. The number of nitrogens with one attached hydrogen (secondary N) is 1. The second-order valence-corrected chi connectivity index (χ2v) is 6.99. The normalized spacial score (nSPS) is 10.9. The van der Waals surface area contributed by atoms with Crippen LogP contribution in [0.15, 0.2) is 42.5 Å². The van der Waals surface area contributed by atoms with Crippen LogP contribution in [0.4, 0.5) is 10.1 Å². The Morgan fingerprint density at radius 3 is 2.75 bits per heavy atom. The minimum absolute atomic E-state index is 0.222. The first kappa shape index (κ1) is 14.1. The van der Waals surface area contributed by atoms with Crippen molar-refractivity contribution in [2.45, 2.75) is 6.54 Å². The molecule has 0 radical (unpaired) electrons. The van der Waals surface area contributed by atoms with Gasteiger partial charge in [0.05, 0.1) is 11.6 Å². The van der Waals surface area contributed by atoms with Crippen molar-refractivity contribution in [3.8, 4) is 0 Å². The highest BCUT2D eigenvalue weighted by atomic mass is 127. The molecule has 0 saturated carbocycles. The van der Waals surface area contributed by atoms with Crippen LogP contribution < -0.4 is 5.32 Å². The summed E-state index contributed by atoms with van der Waals surface area (Å²) in [6, 6.07) is 12.8. The number of benzene rings is 2. The van der Waals surface area contributed by atoms with Crippen molar-refractivity contribution in [1.82, 2.24) is 0 Å². The molecule has 0 atom stereocenters. The predicted molar refractivity (Wildman–Crippen MR) is 93.3 cm³/mol. The summed E-state index contributed by atoms with van der Waals surface area (Å²) in [5.41, 5.74) is 0.917. The zero-order chi connectivity index (χ0) is 14.1. The minimum atomic E-state index is -0.222. The van der Waals surface area contributed by atoms with E-state index in [-0.39, 0.29) is 5.82 Å². The molecular formula is C15H10ClFINS. The molecule has 0 spiro atoms. The molecule has 1 N–H and O–H groups in total. The minimum Gasteiger partial charge on any atom is -0.379 e. The van der Waals surface area contributed by atoms with E-state index in [1.165, 1.54) is 16.8 Å². The Morgan fingerprint density at radius 1 is 1.20 bits per heavy atom. The number of hydrogen-bond donors (Lipinski definition) is 1. The number of hydrogen-bond acceptors (Lipinski definition) is 2. The Labute approximate surface area is 138 Å². The smallest absolute Gasteiger partial charge is 0.124 e. The van der Waals surface area contributed by atoms with Gasteiger partial charge in [0.25, 0.3) is 0 Å². The molecule has 2 aromatic carbocycles. The molecule has 0 fully saturated rings. The van der Waals surface area contributed by atoms with E-state index >= 15 is 0 Å². The van der Waals surface area contributed by atoms with Crippen LogP contribution in [0.25, 0.3) is 10.1 Å². The third-order valence-electron chi connectivity index (χ3n) is 2.97. The summed E-state index contributed by atoms with van der Waals surface area (Å²) in [7, 11) is 0. The first-order valence-corrected chi connectivity index (χ1v) is 8.27. The molecule has 1 nitrogen and oxygen atoms in total. The van der Waals surface area contributed by atoms with Gasteiger partial charge in [-0.2, -0.15) is 0 Å². The highest BCUT2D eigenvalue weighted by molar-refractivity contribution is 14.1. The van der Waals surface area contributed by atoms with Gasteiger partial charge in [0.2, 0.25) is 0 Å². The molecule has 0 bridgehead atoms. The van der Waals surface area contributed by atoms with Gasteiger partial charge in [-0.05, 0) is 46.9 Å². The fraction of sp³-hybridized carbons (Fsp3) is 0.0667. The van der Waals surface area contributed by atoms with Gasteiger partial charge >= 0.3 is 0 Å². The standard InChI is InChI=1S/C15H10ClFINS/c16-15-10-3-1-2-4-13(10)20-14(15)8-19-12-6-5-9(17)7-11(12)18/h1-7,19H,8H2. The first-order valence-electron chi connectivity index (χ1n) is 6.00. The zero-order valence-corrected chi connectivity index (χ0v) is 14.0. The molecule has 0 amide bonds. The van der Waals surface area contributed by atoms with E-state index in [1.807, 2.05) is 18.2 Å². The summed E-state index contributed by atoms with van der Waals surface area (Å²) in [5, 5.41) is 5.20. The van der Waals surface area contributed by atoms with Crippen LogP contribution in [0.2, 0.25) is 5.02 Å². The third kappa shape index (κ3) is 2.77. The SMILES string of the molecule is Fc1ccc(NCc2sc3ccccc3c2Cl)c(I)c1. The molecule has 3 aromatic rings. The summed E-state index contributed by atoms with van der Waals surface area (Å²) < 4.78 is 15.1. The monoisotopic (exact) mass is 417 g/mol. The quantitative estimate of drug-likeness (QED) is 0.522. The second kappa shape index (κ2) is 5.87. The van der Waals surface area contributed by atoms with E-state index in [9.17, 15) is 4.39 Å². The van der Waals surface area contributed by atoms with Crippen molar-refractivity contribution in [3.05, 3.63) is 61.8 Å². The van der Waals surface area contributed by atoms with Crippen molar-refractivity contribution in [2.24, 2.45) is 0 Å². The predicted octanol–water partition coefficient (Wildman–Crippen LogP) is 5.91. The number of anilines is 1. The molecule has 5 heteroatoms. The highest BCUT2D eigenvalue weighted by Crippen LogP contribution is 2.35. The lowest BCUT2D eigenvalue weighted by Crippen LogP contribution is -2.00. The van der Waals surface area contributed by atoms with Crippen LogP contribution in [-0.4, -0.2) is 0 Å². The van der Waals surface area contributed by atoms with E-state index in [0.717, 1.165) is 24.5 Å². The average Bonchev–Trinajstić information content (AvgIpc) is 2.75. The number of rotatable bonds is 3. The lowest BCUT2D eigenvalue weighted by Gasteiger charge is -2.07. The van der Waals surface area contributed by atoms with E-state index in [1.54, 1.807) is 17.4 Å². The lowest BCUT2D eigenvalue weighted by atomic mass is 10.2. The Hall–Kier alpha value is -0.850. The molecule has 20 heavy (non-hydrogen) atoms. The summed E-state index contributed by atoms with van der Waals surface area (Å²) in [4.78, 5) is 1.09. The van der Waals surface area contributed by atoms with Gasteiger partial charge in [-0.15, -0.1) is 11.3 Å². The van der Waals surface area contributed by atoms with Crippen molar-refractivity contribution >= 4 is 61.3 Å². The first-order chi connectivity index (χ1) is 9.65. The van der Waals surface area contributed by atoms with Crippen molar-refractivity contribution in [3.63, 3.8) is 0 Å². The van der Waals surface area contributed by atoms with Crippen molar-refractivity contribution < 1.29 is 4.39 Å². The third-order valence-corrected chi connectivity index (χ3v) is 5.58. The molecule has 0 unspecified atom stereocenters. The maximum Gasteiger partial charge on any atom is 0.124 e. The zero-order valence-electron chi connectivity index (χ0n) is 10.3. The molecule has 1 aromatic heterocycles. The Kier molecular flexibility index (Phi) is 4.14. The fourth-order valence-electron chi connectivity index (χ4n) is 1.99. The van der Waals surface area contributed by atoms with Crippen LogP contribution in [0.5, 0.6) is 0 Å². The van der Waals surface area contributed by atoms with E-state index < -0.39 is 0 Å². The van der Waals surface area contributed by atoms with E-state index in [0.29, 0.717) is 6.54 Å². The fourth-order valence-corrected chi connectivity index (χ4v) is 4.09. The summed E-state index contributed by atoms with van der Waals surface area (Å²) in [6.07, 6.45) is 0. The summed E-state index contributed by atoms with van der Waals surface area (Å²) in [6.45, 7) is 0.639. The highest BCUT2D eigenvalue weighted by Gasteiger charge is 2.10. The van der Waals surface area contributed by atoms with Gasteiger partial charge < -0.3 is 5.32 Å². The van der Waals surface area contributed by atoms with Crippen LogP contribution in [0, 0.1) is 9.39 Å². The van der Waals surface area contributed by atoms with Gasteiger partial charge in [-0.1, -0.05) is 29.8 Å². The van der Waals surface area contributed by atoms with Crippen LogP contribution in [0.1, 0.15) is 4.88 Å². The summed E-state index contributed by atoms with van der Waals surface area (Å²) in [5.74, 6) is -0.222. The van der Waals surface area contributed by atoms with Crippen molar-refractivity contribution in [1.29, 1.82) is 0 Å². The molecule has 3 rings (SSSR count). The van der Waals surface area contributed by atoms with Crippen LogP contribution in [0.3, 0.4) is 0 Å². The largest absolute Gasteiger partial charge is 0.379 e. The average molecular weight is 418 g/mol. The Balaban J connectivity index is 1.85. The van der Waals surface area contributed by atoms with Gasteiger partial charge in [-0.25, -0.2) is 4.39 Å². The molecule has 0 saturated heterocycles. The Morgan fingerprint density at radius 2 is 2.00 bits per heavy atom. The van der Waals surface area contributed by atoms with Crippen LogP contribution in [-0.2, 0) is 6.54 Å². The maximum atomic E-state index is 13.1. The van der Waals surface area contributed by atoms with Gasteiger partial charge in [-0.3, -0.25) is 0 Å². The Bertz CT molecular complexity index is 772. The van der Waals surface area contributed by atoms with Crippen LogP contribution >= 0.6 is 45.5 Å². The molecule has 102 valence electrons. The van der Waals surface area contributed by atoms with E-state index in [4.69, 9.17) is 11.6 Å². The summed E-state index contributed by atoms with van der Waals surface area (Å²) >= 11 is 10.2. The van der Waals surface area contributed by atoms with Gasteiger partial charge in [0.15, 0.2) is 0 Å². The lowest BCUT2D eigenvalue weighted by molar-refractivity contribution is 0.627. The maximum absolute atomic E-state index is 13.1. The molecule has 0 aliphatic carbocycles.